The Hall–Kier alpha value is -2.56. The molecule has 0 aliphatic carbocycles. The maximum absolute atomic E-state index is 6.10. The number of hydrogen-bond acceptors (Lipinski definition) is 3. The predicted octanol–water partition coefficient (Wildman–Crippen LogP) is 7.46. The van der Waals surface area contributed by atoms with Crippen molar-refractivity contribution in [2.45, 2.75) is 0 Å². The van der Waals surface area contributed by atoms with Gasteiger partial charge in [-0.3, -0.25) is 0 Å². The zero-order chi connectivity index (χ0) is 18.0. The highest BCUT2D eigenvalue weighted by Gasteiger charge is 2.23. The Morgan fingerprint density at radius 3 is 2.59 bits per heavy atom. The molecule has 0 unspecified atom stereocenters. The van der Waals surface area contributed by atoms with Crippen LogP contribution < -0.4 is 9.64 Å². The summed E-state index contributed by atoms with van der Waals surface area (Å²) >= 11 is 5.66. The van der Waals surface area contributed by atoms with Crippen LogP contribution in [0.15, 0.2) is 77.3 Å². The molecule has 0 fully saturated rings. The van der Waals surface area contributed by atoms with Gasteiger partial charge in [0.05, 0.1) is 11.4 Å². The van der Waals surface area contributed by atoms with Gasteiger partial charge in [-0.2, -0.15) is 0 Å². The number of ether oxygens (including phenoxy) is 1. The molecule has 2 heterocycles. The number of halogens is 1. The molecule has 2 nitrogen and oxygen atoms in total. The van der Waals surface area contributed by atoms with E-state index in [1.807, 2.05) is 17.4 Å². The highest BCUT2D eigenvalue weighted by molar-refractivity contribution is 9.10. The third-order valence-corrected chi connectivity index (χ3v) is 6.99. The lowest BCUT2D eigenvalue weighted by molar-refractivity contribution is 0.324. The zero-order valence-electron chi connectivity index (χ0n) is 14.3. The minimum atomic E-state index is 0.505. The van der Waals surface area contributed by atoms with Crippen LogP contribution in [-0.2, 0) is 0 Å². The van der Waals surface area contributed by atoms with Crippen molar-refractivity contribution in [3.8, 4) is 5.75 Å². The highest BCUT2D eigenvalue weighted by atomic mass is 79.9. The predicted molar refractivity (Wildman–Crippen MR) is 119 cm³/mol. The van der Waals surface area contributed by atoms with Crippen molar-refractivity contribution >= 4 is 69.6 Å². The van der Waals surface area contributed by atoms with Crippen LogP contribution in [0.2, 0.25) is 0 Å². The Morgan fingerprint density at radius 1 is 0.815 bits per heavy atom. The van der Waals surface area contributed by atoms with E-state index < -0.39 is 0 Å². The summed E-state index contributed by atoms with van der Waals surface area (Å²) in [5.41, 5.74) is 2.33. The molecule has 27 heavy (non-hydrogen) atoms. The molecule has 0 amide bonds. The summed E-state index contributed by atoms with van der Waals surface area (Å²) in [5.74, 6) is 0.957. The van der Waals surface area contributed by atoms with Gasteiger partial charge in [-0.15, -0.1) is 11.3 Å². The van der Waals surface area contributed by atoms with Gasteiger partial charge < -0.3 is 9.64 Å². The minimum absolute atomic E-state index is 0.505. The van der Waals surface area contributed by atoms with E-state index in [4.69, 9.17) is 4.74 Å². The molecule has 0 saturated heterocycles. The monoisotopic (exact) mass is 431 g/mol. The third-order valence-electron chi connectivity index (χ3n) is 5.22. The van der Waals surface area contributed by atoms with Crippen molar-refractivity contribution in [3.05, 3.63) is 77.3 Å². The first-order valence-electron chi connectivity index (χ1n) is 8.82. The van der Waals surface area contributed by atoms with E-state index in [1.165, 1.54) is 36.6 Å². The molecule has 0 saturated carbocycles. The molecule has 4 aromatic carbocycles. The Bertz CT molecular complexity index is 1350. The third kappa shape index (κ3) is 2.23. The number of fused-ring (bicyclic) bond motifs is 3. The molecule has 0 bridgehead atoms. The smallest absolute Gasteiger partial charge is 0.165 e. The molecule has 0 radical (unpaired) electrons. The molecular formula is C23H14BrNOS. The lowest BCUT2D eigenvalue weighted by Crippen LogP contribution is -2.26. The minimum Gasteiger partial charge on any atom is -0.472 e. The van der Waals surface area contributed by atoms with Gasteiger partial charge in [-0.1, -0.05) is 42.5 Å². The standard InChI is InChI=1S/C23H14BrNOS/c24-17-11-16-15-7-1-2-10-21(15)27-22(16)12-19(17)25-13-26-20-9-4-6-14-5-3-8-18(25)23(14)20/h1-12H,13H2. The van der Waals surface area contributed by atoms with E-state index in [-0.39, 0.29) is 0 Å². The van der Waals surface area contributed by atoms with E-state index in [9.17, 15) is 0 Å². The maximum Gasteiger partial charge on any atom is 0.165 e. The van der Waals surface area contributed by atoms with Crippen LogP contribution in [-0.4, -0.2) is 6.73 Å². The number of hydrogen-bond donors (Lipinski definition) is 0. The summed E-state index contributed by atoms with van der Waals surface area (Å²) in [6, 6.07) is 25.8. The van der Waals surface area contributed by atoms with Gasteiger partial charge in [-0.25, -0.2) is 0 Å². The Morgan fingerprint density at radius 2 is 1.67 bits per heavy atom. The number of benzene rings is 4. The van der Waals surface area contributed by atoms with Crippen LogP contribution >= 0.6 is 27.3 Å². The van der Waals surface area contributed by atoms with Crippen molar-refractivity contribution in [1.29, 1.82) is 0 Å². The summed E-state index contributed by atoms with van der Waals surface area (Å²) in [4.78, 5) is 2.25. The molecule has 0 N–H and O–H groups in total. The molecule has 1 aliphatic rings. The van der Waals surface area contributed by atoms with Crippen LogP contribution in [0, 0.1) is 0 Å². The maximum atomic E-state index is 6.10. The molecule has 6 rings (SSSR count). The van der Waals surface area contributed by atoms with Crippen LogP contribution in [0.5, 0.6) is 5.75 Å². The first kappa shape index (κ1) is 15.5. The van der Waals surface area contributed by atoms with Crippen LogP contribution in [0.4, 0.5) is 11.4 Å². The first-order valence-corrected chi connectivity index (χ1v) is 10.4. The van der Waals surface area contributed by atoms with Crippen molar-refractivity contribution in [1.82, 2.24) is 0 Å². The molecule has 1 aliphatic heterocycles. The largest absolute Gasteiger partial charge is 0.472 e. The fraction of sp³-hybridized carbons (Fsp3) is 0.0435. The van der Waals surface area contributed by atoms with Crippen molar-refractivity contribution < 1.29 is 4.74 Å². The van der Waals surface area contributed by atoms with Gasteiger partial charge in [0, 0.05) is 30.0 Å². The van der Waals surface area contributed by atoms with Gasteiger partial charge in [0.1, 0.15) is 5.75 Å². The zero-order valence-corrected chi connectivity index (χ0v) is 16.7. The van der Waals surface area contributed by atoms with Crippen molar-refractivity contribution in [2.24, 2.45) is 0 Å². The van der Waals surface area contributed by atoms with E-state index in [0.717, 1.165) is 15.9 Å². The van der Waals surface area contributed by atoms with E-state index >= 15 is 0 Å². The van der Waals surface area contributed by atoms with Gasteiger partial charge in [0.25, 0.3) is 0 Å². The van der Waals surface area contributed by atoms with Crippen LogP contribution in [0.25, 0.3) is 30.9 Å². The quantitative estimate of drug-likeness (QED) is 0.273. The molecule has 130 valence electrons. The summed E-state index contributed by atoms with van der Waals surface area (Å²) in [6.07, 6.45) is 0. The molecule has 1 aromatic heterocycles. The topological polar surface area (TPSA) is 12.5 Å². The van der Waals surface area contributed by atoms with Gasteiger partial charge >= 0.3 is 0 Å². The molecule has 4 heteroatoms. The fourth-order valence-electron chi connectivity index (χ4n) is 3.98. The number of thiophene rings is 1. The Kier molecular flexibility index (Phi) is 3.28. The van der Waals surface area contributed by atoms with Crippen LogP contribution in [0.3, 0.4) is 0 Å². The van der Waals surface area contributed by atoms with Crippen molar-refractivity contribution in [3.63, 3.8) is 0 Å². The number of nitrogens with zero attached hydrogens (tertiary/aromatic N) is 1. The summed E-state index contributed by atoms with van der Waals surface area (Å²) in [6.45, 7) is 0.505. The van der Waals surface area contributed by atoms with Crippen molar-refractivity contribution in [2.75, 3.05) is 11.6 Å². The second-order valence-corrected chi connectivity index (χ2v) is 8.67. The second kappa shape index (κ2) is 5.72. The lowest BCUT2D eigenvalue weighted by atomic mass is 10.1. The summed E-state index contributed by atoms with van der Waals surface area (Å²) in [7, 11) is 0. The SMILES string of the molecule is Brc1cc2c(cc1N1COc3cccc4cccc1c34)sc1ccccc12. The summed E-state index contributed by atoms with van der Waals surface area (Å²) in [5, 5.41) is 4.98. The van der Waals surface area contributed by atoms with E-state index in [1.54, 1.807) is 0 Å². The van der Waals surface area contributed by atoms with E-state index in [2.05, 4.69) is 87.6 Å². The van der Waals surface area contributed by atoms with Gasteiger partial charge in [0.2, 0.25) is 0 Å². The fourth-order valence-corrected chi connectivity index (χ4v) is 5.65. The summed E-state index contributed by atoms with van der Waals surface area (Å²) < 4.78 is 9.79. The van der Waals surface area contributed by atoms with E-state index in [0.29, 0.717) is 6.73 Å². The second-order valence-electron chi connectivity index (χ2n) is 6.73. The lowest BCUT2D eigenvalue weighted by Gasteiger charge is -2.32. The van der Waals surface area contributed by atoms with Crippen LogP contribution in [0.1, 0.15) is 0 Å². The Labute approximate surface area is 168 Å². The number of anilines is 2. The highest BCUT2D eigenvalue weighted by Crippen LogP contribution is 2.45. The molecule has 0 spiro atoms. The first-order chi connectivity index (χ1) is 13.3. The average molecular weight is 432 g/mol. The van der Waals surface area contributed by atoms with Gasteiger partial charge in [-0.05, 0) is 51.6 Å². The average Bonchev–Trinajstić information content (AvgIpc) is 3.06. The van der Waals surface area contributed by atoms with Gasteiger partial charge in [0.15, 0.2) is 6.73 Å². The Balaban J connectivity index is 1.61. The molecule has 0 atom stereocenters. The molecular weight excluding hydrogens is 418 g/mol. The molecule has 5 aromatic rings. The number of rotatable bonds is 1. The normalized spacial score (nSPS) is 13.4.